The lowest BCUT2D eigenvalue weighted by molar-refractivity contribution is 0.633. The van der Waals surface area contributed by atoms with Crippen molar-refractivity contribution in [2.24, 2.45) is 4.99 Å². The average molecular weight is 350 g/mol. The molecule has 3 rings (SSSR count). The Hall–Kier alpha value is -2.78. The van der Waals surface area contributed by atoms with Gasteiger partial charge in [-0.05, 0) is 24.6 Å². The third-order valence-electron chi connectivity index (χ3n) is 4.15. The molecule has 0 saturated heterocycles. The van der Waals surface area contributed by atoms with Gasteiger partial charge in [0.05, 0.1) is 5.70 Å². The number of halogens is 1. The topological polar surface area (TPSA) is 27.6 Å². The molecule has 0 atom stereocenters. The van der Waals surface area contributed by atoms with Gasteiger partial charge in [-0.15, -0.1) is 0 Å². The number of hydrogen-bond acceptors (Lipinski definition) is 3. The molecule has 1 aliphatic rings. The van der Waals surface area contributed by atoms with E-state index < -0.39 is 0 Å². The van der Waals surface area contributed by atoms with Crippen molar-refractivity contribution in [3.63, 3.8) is 0 Å². The van der Waals surface area contributed by atoms with E-state index in [-0.39, 0.29) is 0 Å². The van der Waals surface area contributed by atoms with Crippen molar-refractivity contribution in [1.82, 2.24) is 4.90 Å². The predicted molar refractivity (Wildman–Crippen MR) is 109 cm³/mol. The molecule has 2 aromatic carbocycles. The van der Waals surface area contributed by atoms with Crippen LogP contribution in [0.15, 0.2) is 78.2 Å². The van der Waals surface area contributed by atoms with Crippen LogP contribution in [0.4, 0.5) is 5.69 Å². The molecule has 126 valence electrons. The van der Waals surface area contributed by atoms with E-state index in [2.05, 4.69) is 41.7 Å². The first-order chi connectivity index (χ1) is 12.1. The van der Waals surface area contributed by atoms with E-state index in [1.807, 2.05) is 42.2 Å². The summed E-state index contributed by atoms with van der Waals surface area (Å²) < 4.78 is 0. The normalized spacial score (nSPS) is 14.7. The quantitative estimate of drug-likeness (QED) is 0.711. The smallest absolute Gasteiger partial charge is 0.108 e. The van der Waals surface area contributed by atoms with Crippen molar-refractivity contribution in [2.45, 2.75) is 6.92 Å². The zero-order valence-corrected chi connectivity index (χ0v) is 15.1. The summed E-state index contributed by atoms with van der Waals surface area (Å²) in [6.45, 7) is 10.4. The van der Waals surface area contributed by atoms with Crippen LogP contribution in [0.1, 0.15) is 12.5 Å². The minimum absolute atomic E-state index is 0.730. The number of nitrogens with one attached hydrogen (secondary N) is 1. The molecule has 1 N–H and O–H groups in total. The van der Waals surface area contributed by atoms with E-state index in [9.17, 15) is 0 Å². The number of aliphatic imine (C=N–C) groups is 1. The van der Waals surface area contributed by atoms with Crippen LogP contribution < -0.4 is 5.32 Å². The standard InChI is InChI=1S/C21H20ClN3/c1-5-17(13-23-4)25-14(2)18-11-10-16(12-21(18)24-15(25)3)19-8-6-7-9-20(19)22/h5-13,24H,2-3H2,1,4H3/b17-5+,23-13?. The van der Waals surface area contributed by atoms with Crippen molar-refractivity contribution >= 4 is 29.2 Å². The van der Waals surface area contributed by atoms with Crippen LogP contribution in [0.2, 0.25) is 5.02 Å². The molecule has 2 aromatic rings. The van der Waals surface area contributed by atoms with Crippen molar-refractivity contribution in [3.05, 3.63) is 83.8 Å². The van der Waals surface area contributed by atoms with Gasteiger partial charge in [-0.3, -0.25) is 9.89 Å². The van der Waals surface area contributed by atoms with Crippen molar-refractivity contribution in [1.29, 1.82) is 0 Å². The Balaban J connectivity index is 2.04. The van der Waals surface area contributed by atoms with Crippen LogP contribution in [0.3, 0.4) is 0 Å². The van der Waals surface area contributed by atoms with Crippen LogP contribution >= 0.6 is 11.6 Å². The van der Waals surface area contributed by atoms with Gasteiger partial charge in [0.15, 0.2) is 0 Å². The molecule has 0 aliphatic carbocycles. The Morgan fingerprint density at radius 1 is 1.16 bits per heavy atom. The van der Waals surface area contributed by atoms with Gasteiger partial charge >= 0.3 is 0 Å². The Morgan fingerprint density at radius 3 is 2.60 bits per heavy atom. The molecule has 25 heavy (non-hydrogen) atoms. The first-order valence-electron chi connectivity index (χ1n) is 7.99. The highest BCUT2D eigenvalue weighted by molar-refractivity contribution is 6.33. The summed E-state index contributed by atoms with van der Waals surface area (Å²) in [5, 5.41) is 4.10. The lowest BCUT2D eigenvalue weighted by Gasteiger charge is -2.35. The van der Waals surface area contributed by atoms with E-state index in [4.69, 9.17) is 11.6 Å². The molecule has 4 heteroatoms. The maximum atomic E-state index is 6.33. The highest BCUT2D eigenvalue weighted by Gasteiger charge is 2.24. The van der Waals surface area contributed by atoms with E-state index in [1.54, 1.807) is 13.3 Å². The summed E-state index contributed by atoms with van der Waals surface area (Å²) in [5.41, 5.74) is 5.81. The molecule has 0 fully saturated rings. The van der Waals surface area contributed by atoms with E-state index >= 15 is 0 Å². The van der Waals surface area contributed by atoms with Crippen LogP contribution in [0.5, 0.6) is 0 Å². The minimum atomic E-state index is 0.730. The summed E-state index contributed by atoms with van der Waals surface area (Å²) in [5.74, 6) is 0.738. The number of nitrogens with zero attached hydrogens (tertiary/aromatic N) is 2. The predicted octanol–water partition coefficient (Wildman–Crippen LogP) is 5.78. The van der Waals surface area contributed by atoms with Crippen molar-refractivity contribution in [3.8, 4) is 11.1 Å². The number of anilines is 1. The van der Waals surface area contributed by atoms with Gasteiger partial charge in [-0.25, -0.2) is 0 Å². The molecule has 0 saturated carbocycles. The van der Waals surface area contributed by atoms with Gasteiger partial charge in [-0.2, -0.15) is 0 Å². The molecule has 1 heterocycles. The molecule has 0 amide bonds. The fourth-order valence-corrected chi connectivity index (χ4v) is 3.21. The third kappa shape index (κ3) is 3.11. The summed E-state index contributed by atoms with van der Waals surface area (Å²) in [4.78, 5) is 6.07. The molecule has 3 nitrogen and oxygen atoms in total. The van der Waals surface area contributed by atoms with E-state index in [0.29, 0.717) is 0 Å². The summed E-state index contributed by atoms with van der Waals surface area (Å²) in [7, 11) is 1.75. The second-order valence-corrected chi connectivity index (χ2v) is 6.10. The Bertz CT molecular complexity index is 909. The fourth-order valence-electron chi connectivity index (χ4n) is 2.96. The van der Waals surface area contributed by atoms with Gasteiger partial charge in [-0.1, -0.05) is 61.2 Å². The minimum Gasteiger partial charge on any atom is -0.341 e. The molecular weight excluding hydrogens is 330 g/mol. The molecule has 0 spiro atoms. The maximum absolute atomic E-state index is 6.33. The zero-order chi connectivity index (χ0) is 18.0. The zero-order valence-electron chi connectivity index (χ0n) is 14.4. The summed E-state index contributed by atoms with van der Waals surface area (Å²) >= 11 is 6.33. The van der Waals surface area contributed by atoms with Gasteiger partial charge in [0.25, 0.3) is 0 Å². The fraction of sp³-hybridized carbons (Fsp3) is 0.0952. The SMILES string of the molecule is C=C1Nc2cc(-c3ccccc3Cl)ccc2C(=C)N1/C(C=NC)=C/C. The largest absolute Gasteiger partial charge is 0.341 e. The number of hydrogen-bond donors (Lipinski definition) is 1. The number of allylic oxidation sites excluding steroid dienone is 2. The third-order valence-corrected chi connectivity index (χ3v) is 4.48. The van der Waals surface area contributed by atoms with Crippen LogP contribution in [0.25, 0.3) is 16.8 Å². The first kappa shape index (κ1) is 17.1. The molecule has 0 aromatic heterocycles. The lowest BCUT2D eigenvalue weighted by Crippen LogP contribution is -2.29. The summed E-state index contributed by atoms with van der Waals surface area (Å²) in [6.07, 6.45) is 3.77. The Morgan fingerprint density at radius 2 is 1.92 bits per heavy atom. The van der Waals surface area contributed by atoms with E-state index in [0.717, 1.165) is 44.6 Å². The highest BCUT2D eigenvalue weighted by atomic mass is 35.5. The van der Waals surface area contributed by atoms with Gasteiger partial charge < -0.3 is 5.32 Å². The van der Waals surface area contributed by atoms with Crippen molar-refractivity contribution in [2.75, 3.05) is 12.4 Å². The highest BCUT2D eigenvalue weighted by Crippen LogP contribution is 2.39. The second-order valence-electron chi connectivity index (χ2n) is 5.69. The summed E-state index contributed by atoms with van der Waals surface area (Å²) in [6, 6.07) is 14.0. The van der Waals surface area contributed by atoms with Crippen LogP contribution in [-0.2, 0) is 0 Å². The molecule has 0 radical (unpaired) electrons. The molecular formula is C21H20ClN3. The number of benzene rings is 2. The van der Waals surface area contributed by atoms with Crippen molar-refractivity contribution < 1.29 is 0 Å². The van der Waals surface area contributed by atoms with Gasteiger partial charge in [0, 0.05) is 40.8 Å². The van der Waals surface area contributed by atoms with Crippen LogP contribution in [-0.4, -0.2) is 18.2 Å². The van der Waals surface area contributed by atoms with Gasteiger partial charge in [0.1, 0.15) is 5.82 Å². The molecule has 0 unspecified atom stereocenters. The number of fused-ring (bicyclic) bond motifs is 1. The monoisotopic (exact) mass is 349 g/mol. The Labute approximate surface area is 153 Å². The molecule has 1 aliphatic heterocycles. The first-order valence-corrected chi connectivity index (χ1v) is 8.37. The van der Waals surface area contributed by atoms with Gasteiger partial charge in [0.2, 0.25) is 0 Å². The maximum Gasteiger partial charge on any atom is 0.108 e. The Kier molecular flexibility index (Phi) is 4.77. The average Bonchev–Trinajstić information content (AvgIpc) is 2.60. The molecule has 0 bridgehead atoms. The second kappa shape index (κ2) is 6.99. The van der Waals surface area contributed by atoms with E-state index in [1.165, 1.54) is 0 Å². The van der Waals surface area contributed by atoms with Crippen LogP contribution in [0, 0.1) is 0 Å². The lowest BCUT2D eigenvalue weighted by atomic mass is 9.99. The number of rotatable bonds is 3.